The number of rotatable bonds is 14. The van der Waals surface area contributed by atoms with Crippen LogP contribution < -0.4 is 0 Å². The molecule has 32 heavy (non-hydrogen) atoms. The molecule has 1 aliphatic rings. The zero-order valence-electron chi connectivity index (χ0n) is 22.2. The summed E-state index contributed by atoms with van der Waals surface area (Å²) in [6.07, 6.45) is 16.9. The normalized spacial score (nSPS) is 23.4. The summed E-state index contributed by atoms with van der Waals surface area (Å²) in [5.74, 6) is 0.0000793. The first-order valence-electron chi connectivity index (χ1n) is 13.2. The lowest BCUT2D eigenvalue weighted by Gasteiger charge is -2.39. The minimum atomic E-state index is -1.86. The molecule has 1 fully saturated rings. The van der Waals surface area contributed by atoms with E-state index in [1.807, 2.05) is 0 Å². The Hall–Kier alpha value is -0.653. The van der Waals surface area contributed by atoms with Crippen molar-refractivity contribution in [1.29, 1.82) is 0 Å². The Kier molecular flexibility index (Phi) is 12.8. The van der Waals surface area contributed by atoms with Gasteiger partial charge in [0.2, 0.25) is 0 Å². The second kappa shape index (κ2) is 13.9. The van der Waals surface area contributed by atoms with E-state index in [0.717, 1.165) is 19.3 Å². The minimum Gasteiger partial charge on any atom is -0.466 e. The Morgan fingerprint density at radius 2 is 1.81 bits per heavy atom. The average Bonchev–Trinajstić information content (AvgIpc) is 2.67. The molecule has 0 heterocycles. The van der Waals surface area contributed by atoms with Crippen LogP contribution in [-0.4, -0.2) is 37.7 Å². The summed E-state index contributed by atoms with van der Waals surface area (Å²) < 4.78 is 11.9. The van der Waals surface area contributed by atoms with Gasteiger partial charge in [-0.15, -0.1) is 0 Å². The first kappa shape index (κ1) is 29.4. The summed E-state index contributed by atoms with van der Waals surface area (Å²) in [5.41, 5.74) is -0.936. The van der Waals surface area contributed by atoms with Crippen molar-refractivity contribution in [2.45, 2.75) is 142 Å². The largest absolute Gasteiger partial charge is 0.466 e. The molecule has 0 aromatic heterocycles. The third-order valence-electron chi connectivity index (χ3n) is 7.33. The Bertz CT molecular complexity index is 566. The fourth-order valence-corrected chi connectivity index (χ4v) is 5.65. The summed E-state index contributed by atoms with van der Waals surface area (Å²) in [5, 5.41) is 11.2. The van der Waals surface area contributed by atoms with Crippen LogP contribution in [0.3, 0.4) is 0 Å². The molecule has 188 valence electrons. The number of carbonyl (C=O) groups is 1. The smallest absolute Gasteiger partial charge is 0.308 e. The molecule has 0 aliphatic heterocycles. The lowest BCUT2D eigenvalue weighted by Crippen LogP contribution is -2.43. The average molecular weight is 469 g/mol. The molecule has 5 heteroatoms. The van der Waals surface area contributed by atoms with Crippen LogP contribution in [0.2, 0.25) is 18.1 Å². The number of ether oxygens (including phenoxy) is 1. The zero-order valence-corrected chi connectivity index (χ0v) is 23.2. The van der Waals surface area contributed by atoms with Crippen molar-refractivity contribution in [3.8, 4) is 0 Å². The van der Waals surface area contributed by atoms with Gasteiger partial charge in [0.1, 0.15) is 0 Å². The van der Waals surface area contributed by atoms with Crippen molar-refractivity contribution in [3.05, 3.63) is 12.2 Å². The van der Waals surface area contributed by atoms with E-state index in [9.17, 15) is 9.90 Å². The third kappa shape index (κ3) is 11.0. The van der Waals surface area contributed by atoms with E-state index in [2.05, 4.69) is 52.9 Å². The molecule has 1 aliphatic carbocycles. The van der Waals surface area contributed by atoms with Gasteiger partial charge in [-0.3, -0.25) is 4.79 Å². The maximum atomic E-state index is 11.9. The first-order valence-corrected chi connectivity index (χ1v) is 16.1. The number of allylic oxidation sites excluding steroid dienone is 1. The second-order valence-electron chi connectivity index (χ2n) is 11.4. The van der Waals surface area contributed by atoms with Crippen LogP contribution >= 0.6 is 0 Å². The van der Waals surface area contributed by atoms with E-state index in [-0.39, 0.29) is 23.5 Å². The van der Waals surface area contributed by atoms with Crippen LogP contribution in [0.15, 0.2) is 12.2 Å². The fraction of sp³-hybridized carbons (Fsp3) is 0.889. The third-order valence-corrected chi connectivity index (χ3v) is 11.8. The van der Waals surface area contributed by atoms with E-state index in [1.54, 1.807) is 6.92 Å². The highest BCUT2D eigenvalue weighted by Gasteiger charge is 2.39. The number of aliphatic hydroxyl groups is 1. The van der Waals surface area contributed by atoms with E-state index in [1.165, 1.54) is 38.5 Å². The maximum Gasteiger partial charge on any atom is 0.308 e. The number of carbonyl (C=O) groups excluding carboxylic acids is 1. The number of hydrogen-bond acceptors (Lipinski definition) is 4. The SMILES string of the molecule is CCCCCCCCC(/C=C/C1CCCC(O)(CC(=O)OCC)C1)O[Si](C)(C)C(C)(C)C. The van der Waals surface area contributed by atoms with Gasteiger partial charge in [0.05, 0.1) is 24.7 Å². The standard InChI is InChI=1S/C27H52O4Si/c1-8-10-11-12-13-14-17-24(31-32(6,7)26(3,4)5)19-18-23-16-15-20-27(29,21-23)22-25(28)30-9-2/h18-19,23-24,29H,8-17,20-22H2,1-7H3/b19-18+. The molecule has 1 saturated carbocycles. The molecular formula is C27H52O4Si. The maximum absolute atomic E-state index is 11.9. The van der Waals surface area contributed by atoms with Crippen molar-refractivity contribution in [2.24, 2.45) is 5.92 Å². The van der Waals surface area contributed by atoms with Gasteiger partial charge < -0.3 is 14.3 Å². The molecule has 0 bridgehead atoms. The van der Waals surface area contributed by atoms with Crippen LogP contribution in [-0.2, 0) is 14.0 Å². The number of esters is 1. The van der Waals surface area contributed by atoms with Gasteiger partial charge in [0.15, 0.2) is 8.32 Å². The molecule has 0 amide bonds. The Labute approximate surface area is 199 Å². The molecule has 3 atom stereocenters. The van der Waals surface area contributed by atoms with Crippen LogP contribution in [0, 0.1) is 5.92 Å². The van der Waals surface area contributed by atoms with E-state index in [0.29, 0.717) is 25.4 Å². The highest BCUT2D eigenvalue weighted by Crippen LogP contribution is 2.39. The van der Waals surface area contributed by atoms with Crippen molar-refractivity contribution < 1.29 is 19.1 Å². The highest BCUT2D eigenvalue weighted by molar-refractivity contribution is 6.74. The van der Waals surface area contributed by atoms with Gasteiger partial charge in [0, 0.05) is 0 Å². The summed E-state index contributed by atoms with van der Waals surface area (Å²) in [4.78, 5) is 11.9. The van der Waals surface area contributed by atoms with Gasteiger partial charge in [-0.1, -0.05) is 78.4 Å². The minimum absolute atomic E-state index is 0.104. The molecule has 1 N–H and O–H groups in total. The molecule has 0 radical (unpaired) electrons. The van der Waals surface area contributed by atoms with Crippen molar-refractivity contribution in [3.63, 3.8) is 0 Å². The predicted molar refractivity (Wildman–Crippen MR) is 137 cm³/mol. The molecule has 0 saturated heterocycles. The van der Waals surface area contributed by atoms with Gasteiger partial charge in [0.25, 0.3) is 0 Å². The summed E-state index contributed by atoms with van der Waals surface area (Å²) in [7, 11) is -1.86. The van der Waals surface area contributed by atoms with Crippen LogP contribution in [0.25, 0.3) is 0 Å². The molecular weight excluding hydrogens is 416 g/mol. The lowest BCUT2D eigenvalue weighted by atomic mass is 9.76. The molecule has 0 aromatic carbocycles. The lowest BCUT2D eigenvalue weighted by molar-refractivity contribution is -0.150. The van der Waals surface area contributed by atoms with Gasteiger partial charge in [-0.2, -0.15) is 0 Å². The second-order valence-corrected chi connectivity index (χ2v) is 16.2. The van der Waals surface area contributed by atoms with E-state index < -0.39 is 13.9 Å². The highest BCUT2D eigenvalue weighted by atomic mass is 28.4. The Morgan fingerprint density at radius 1 is 1.16 bits per heavy atom. The van der Waals surface area contributed by atoms with Crippen LogP contribution in [0.4, 0.5) is 0 Å². The van der Waals surface area contributed by atoms with Gasteiger partial charge in [-0.25, -0.2) is 0 Å². The van der Waals surface area contributed by atoms with Crippen LogP contribution in [0.5, 0.6) is 0 Å². The zero-order chi connectivity index (χ0) is 24.3. The van der Waals surface area contributed by atoms with E-state index in [4.69, 9.17) is 9.16 Å². The molecule has 3 unspecified atom stereocenters. The van der Waals surface area contributed by atoms with E-state index >= 15 is 0 Å². The molecule has 4 nitrogen and oxygen atoms in total. The summed E-state index contributed by atoms with van der Waals surface area (Å²) >= 11 is 0. The molecule has 0 spiro atoms. The van der Waals surface area contributed by atoms with Crippen molar-refractivity contribution in [1.82, 2.24) is 0 Å². The first-order chi connectivity index (χ1) is 14.9. The fourth-order valence-electron chi connectivity index (χ4n) is 4.35. The van der Waals surface area contributed by atoms with Gasteiger partial charge >= 0.3 is 5.97 Å². The van der Waals surface area contributed by atoms with Gasteiger partial charge in [-0.05, 0) is 63.1 Å². The Morgan fingerprint density at radius 3 is 2.44 bits per heavy atom. The van der Waals surface area contributed by atoms with Crippen LogP contribution in [0.1, 0.15) is 112 Å². The van der Waals surface area contributed by atoms with Crippen molar-refractivity contribution >= 4 is 14.3 Å². The monoisotopic (exact) mass is 468 g/mol. The summed E-state index contributed by atoms with van der Waals surface area (Å²) in [6.45, 7) is 16.0. The molecule has 1 rings (SSSR count). The Balaban J connectivity index is 2.75. The number of unbranched alkanes of at least 4 members (excludes halogenated alkanes) is 5. The topological polar surface area (TPSA) is 55.8 Å². The summed E-state index contributed by atoms with van der Waals surface area (Å²) in [6, 6.07) is 0. The number of hydrogen-bond donors (Lipinski definition) is 1. The quantitative estimate of drug-likeness (QED) is 0.124. The van der Waals surface area contributed by atoms with Crippen molar-refractivity contribution in [2.75, 3.05) is 6.61 Å². The predicted octanol–water partition coefficient (Wildman–Crippen LogP) is 7.56. The molecule has 0 aromatic rings.